The maximum atomic E-state index is 9.34. The zero-order valence-corrected chi connectivity index (χ0v) is 9.09. The van der Waals surface area contributed by atoms with Crippen LogP contribution in [0.4, 0.5) is 0 Å². The van der Waals surface area contributed by atoms with E-state index in [9.17, 15) is 5.11 Å². The molecule has 0 saturated carbocycles. The number of hydrogen-bond donors (Lipinski definition) is 3. The highest BCUT2D eigenvalue weighted by atomic mass is 16.3. The lowest BCUT2D eigenvalue weighted by Gasteiger charge is -2.06. The molecule has 3 heteroatoms. The Hall–Kier alpha value is -1.22. The molecular formula is C11H19NO2. The molecule has 0 aliphatic carbocycles. The first-order valence-corrected chi connectivity index (χ1v) is 4.59. The minimum absolute atomic E-state index is 0.0757. The minimum Gasteiger partial charge on any atom is -0.509 e. The van der Waals surface area contributed by atoms with Crippen LogP contribution in [0.1, 0.15) is 20.3 Å². The molecule has 0 rings (SSSR count). The highest BCUT2D eigenvalue weighted by Crippen LogP contribution is 2.14. The number of nitrogens with one attached hydrogen (secondary N) is 1. The van der Waals surface area contributed by atoms with Crippen molar-refractivity contribution in [3.8, 4) is 0 Å². The summed E-state index contributed by atoms with van der Waals surface area (Å²) in [5.74, 6) is -0.174. The van der Waals surface area contributed by atoms with E-state index in [1.807, 2.05) is 14.0 Å². The largest absolute Gasteiger partial charge is 0.509 e. The molecule has 14 heavy (non-hydrogen) atoms. The Bertz CT molecular complexity index is 260. The summed E-state index contributed by atoms with van der Waals surface area (Å²) < 4.78 is 0. The molecule has 0 aliphatic rings. The topological polar surface area (TPSA) is 52.5 Å². The van der Waals surface area contributed by atoms with Gasteiger partial charge < -0.3 is 15.5 Å². The molecule has 0 aliphatic heterocycles. The smallest absolute Gasteiger partial charge is 0.152 e. The van der Waals surface area contributed by atoms with Crippen LogP contribution in [0.2, 0.25) is 0 Å². The Morgan fingerprint density at radius 1 is 1.36 bits per heavy atom. The van der Waals surface area contributed by atoms with Crippen LogP contribution in [-0.4, -0.2) is 23.8 Å². The summed E-state index contributed by atoms with van der Waals surface area (Å²) in [6, 6.07) is 0. The molecule has 0 unspecified atom stereocenters. The number of rotatable bonds is 5. The lowest BCUT2D eigenvalue weighted by Crippen LogP contribution is -2.08. The van der Waals surface area contributed by atoms with Crippen LogP contribution in [0, 0.1) is 0 Å². The molecule has 80 valence electrons. The van der Waals surface area contributed by atoms with Gasteiger partial charge in [-0.15, -0.1) is 0 Å². The van der Waals surface area contributed by atoms with Crippen molar-refractivity contribution in [1.82, 2.24) is 5.32 Å². The summed E-state index contributed by atoms with van der Waals surface area (Å²) in [4.78, 5) is 0. The summed E-state index contributed by atoms with van der Waals surface area (Å²) in [7, 11) is 1.86. The van der Waals surface area contributed by atoms with E-state index in [0.29, 0.717) is 0 Å². The van der Waals surface area contributed by atoms with Crippen LogP contribution in [0.5, 0.6) is 0 Å². The molecule has 0 aromatic heterocycles. The fourth-order valence-electron chi connectivity index (χ4n) is 0.938. The van der Waals surface area contributed by atoms with E-state index < -0.39 is 0 Å². The molecule has 3 N–H and O–H groups in total. The monoisotopic (exact) mass is 197 g/mol. The summed E-state index contributed by atoms with van der Waals surface area (Å²) in [6.45, 7) is 7.95. The molecule has 0 saturated heterocycles. The van der Waals surface area contributed by atoms with E-state index in [1.54, 1.807) is 6.08 Å². The number of aliphatic hydroxyl groups excluding tert-OH is 2. The molecule has 0 radical (unpaired) electrons. The number of aliphatic hydroxyl groups is 2. The summed E-state index contributed by atoms with van der Waals surface area (Å²) >= 11 is 0. The van der Waals surface area contributed by atoms with Gasteiger partial charge >= 0.3 is 0 Å². The van der Waals surface area contributed by atoms with Gasteiger partial charge in [-0.2, -0.15) is 0 Å². The van der Waals surface area contributed by atoms with E-state index >= 15 is 0 Å². The molecule has 0 bridgehead atoms. The Kier molecular flexibility index (Phi) is 5.72. The van der Waals surface area contributed by atoms with E-state index in [2.05, 4.69) is 11.9 Å². The zero-order valence-electron chi connectivity index (χ0n) is 9.09. The molecule has 0 aromatic rings. The lowest BCUT2D eigenvalue weighted by atomic mass is 10.0. The third-order valence-corrected chi connectivity index (χ3v) is 1.87. The van der Waals surface area contributed by atoms with Gasteiger partial charge in [0.2, 0.25) is 0 Å². The molecule has 0 amide bonds. The van der Waals surface area contributed by atoms with Gasteiger partial charge in [0.05, 0.1) is 0 Å². The fraction of sp³-hybridized carbons (Fsp3) is 0.455. The Labute approximate surface area is 85.5 Å². The predicted molar refractivity (Wildman–Crippen MR) is 59.4 cm³/mol. The minimum atomic E-state index is -0.0981. The van der Waals surface area contributed by atoms with Crippen LogP contribution in [0.15, 0.2) is 35.3 Å². The first-order chi connectivity index (χ1) is 6.49. The van der Waals surface area contributed by atoms with Gasteiger partial charge in [-0.25, -0.2) is 0 Å². The van der Waals surface area contributed by atoms with Crippen LogP contribution in [-0.2, 0) is 0 Å². The van der Waals surface area contributed by atoms with Crippen molar-refractivity contribution in [2.75, 3.05) is 13.6 Å². The molecule has 0 spiro atoms. The quantitative estimate of drug-likeness (QED) is 0.468. The van der Waals surface area contributed by atoms with Crippen LogP contribution in [0.3, 0.4) is 0 Å². The Morgan fingerprint density at radius 2 is 1.93 bits per heavy atom. The highest BCUT2D eigenvalue weighted by Gasteiger charge is 2.01. The molecule has 3 nitrogen and oxygen atoms in total. The van der Waals surface area contributed by atoms with E-state index in [4.69, 9.17) is 5.11 Å². The van der Waals surface area contributed by atoms with Crippen LogP contribution in [0.25, 0.3) is 0 Å². The maximum absolute atomic E-state index is 9.34. The van der Waals surface area contributed by atoms with E-state index in [-0.39, 0.29) is 11.5 Å². The van der Waals surface area contributed by atoms with Gasteiger partial charge in [0.25, 0.3) is 0 Å². The van der Waals surface area contributed by atoms with Crippen molar-refractivity contribution in [3.05, 3.63) is 35.3 Å². The second-order valence-electron chi connectivity index (χ2n) is 3.27. The Balaban J connectivity index is 4.65. The summed E-state index contributed by atoms with van der Waals surface area (Å²) in [5, 5.41) is 21.4. The number of allylic oxidation sites excluding steroid dienone is 3. The van der Waals surface area contributed by atoms with E-state index in [1.165, 1.54) is 6.92 Å². The Morgan fingerprint density at radius 3 is 2.29 bits per heavy atom. The van der Waals surface area contributed by atoms with Crippen molar-refractivity contribution >= 4 is 0 Å². The fourth-order valence-corrected chi connectivity index (χ4v) is 0.938. The molecule has 0 aromatic carbocycles. The van der Waals surface area contributed by atoms with Gasteiger partial charge in [0, 0.05) is 0 Å². The maximum Gasteiger partial charge on any atom is 0.152 e. The van der Waals surface area contributed by atoms with E-state index in [0.717, 1.165) is 24.1 Å². The summed E-state index contributed by atoms with van der Waals surface area (Å²) in [6.07, 6.45) is 2.33. The normalized spacial score (nSPS) is 13.8. The second kappa shape index (κ2) is 6.27. The first kappa shape index (κ1) is 12.8. The molecule has 0 atom stereocenters. The van der Waals surface area contributed by atoms with Gasteiger partial charge in [-0.3, -0.25) is 0 Å². The average Bonchev–Trinajstić information content (AvgIpc) is 2.10. The van der Waals surface area contributed by atoms with Gasteiger partial charge in [0.15, 0.2) is 5.76 Å². The first-order valence-electron chi connectivity index (χ1n) is 4.59. The van der Waals surface area contributed by atoms with Crippen LogP contribution < -0.4 is 5.32 Å². The van der Waals surface area contributed by atoms with Crippen molar-refractivity contribution < 1.29 is 10.2 Å². The van der Waals surface area contributed by atoms with Crippen molar-refractivity contribution in [3.63, 3.8) is 0 Å². The molecule has 0 fully saturated rings. The lowest BCUT2D eigenvalue weighted by molar-refractivity contribution is 0.339. The third-order valence-electron chi connectivity index (χ3n) is 1.87. The zero-order chi connectivity index (χ0) is 11.1. The third kappa shape index (κ3) is 4.72. The van der Waals surface area contributed by atoms with Crippen LogP contribution >= 0.6 is 0 Å². The number of hydrogen-bond acceptors (Lipinski definition) is 3. The molecular weight excluding hydrogens is 178 g/mol. The van der Waals surface area contributed by atoms with Crippen molar-refractivity contribution in [2.24, 2.45) is 0 Å². The highest BCUT2D eigenvalue weighted by molar-refractivity contribution is 5.32. The molecule has 0 heterocycles. The second-order valence-corrected chi connectivity index (χ2v) is 3.27. The van der Waals surface area contributed by atoms with Crippen molar-refractivity contribution in [1.29, 1.82) is 0 Å². The standard InChI is InChI=1S/C11H19NO2/c1-8(2)10(5-6-12-4)7-11(14)9(3)13/h7,12-14H,1,5-6H2,2-4H3/b10-7-,11-9-. The van der Waals surface area contributed by atoms with Crippen molar-refractivity contribution in [2.45, 2.75) is 20.3 Å². The average molecular weight is 197 g/mol. The predicted octanol–water partition coefficient (Wildman–Crippen LogP) is 2.45. The van der Waals surface area contributed by atoms with Gasteiger partial charge in [-0.1, -0.05) is 12.2 Å². The van der Waals surface area contributed by atoms with Gasteiger partial charge in [0.1, 0.15) is 5.76 Å². The van der Waals surface area contributed by atoms with Gasteiger partial charge in [-0.05, 0) is 45.5 Å². The summed E-state index contributed by atoms with van der Waals surface area (Å²) in [5.41, 5.74) is 1.83. The SMILES string of the molecule is C=C(C)/C(=C\C(O)=C(/C)O)CCNC.